The molecule has 0 aliphatic heterocycles. The highest BCUT2D eigenvalue weighted by Gasteiger charge is 2.44. The van der Waals surface area contributed by atoms with Crippen molar-refractivity contribution >= 4 is 16.8 Å². The molecule has 0 bridgehead atoms. The molecule has 0 saturated heterocycles. The second-order valence-corrected chi connectivity index (χ2v) is 1.58. The monoisotopic (exact) mass is 164 g/mol. The molecule has 0 aromatic rings. The zero-order chi connectivity index (χ0) is 7.65. The Kier molecular flexibility index (Phi) is 2.42. The third kappa shape index (κ3) is 2.64. The van der Waals surface area contributed by atoms with E-state index in [1.165, 1.54) is 0 Å². The van der Waals surface area contributed by atoms with Crippen molar-refractivity contribution < 1.29 is 22.4 Å². The second kappa shape index (κ2) is 2.51. The fraction of sp³-hybridized carbons (Fsp3) is 0.667. The first-order valence-electron chi connectivity index (χ1n) is 1.76. The summed E-state index contributed by atoms with van der Waals surface area (Å²) in [7, 11) is 0. The molecule has 54 valence electrons. The number of halogens is 5. The Morgan fingerprint density at radius 1 is 1.44 bits per heavy atom. The molecule has 0 amide bonds. The van der Waals surface area contributed by atoms with Crippen molar-refractivity contribution in [3.05, 3.63) is 0 Å². The number of hydrogen-bond acceptors (Lipinski definition) is 1. The first-order valence-corrected chi connectivity index (χ1v) is 2.13. The SMILES string of the molecule is O=C(Cl)[C@@H](F)C(F)(F)F. The molecule has 0 saturated carbocycles. The lowest BCUT2D eigenvalue weighted by atomic mass is 10.4. The summed E-state index contributed by atoms with van der Waals surface area (Å²) in [5.74, 6) is 0. The number of carbonyl (C=O) groups is 1. The molecule has 0 rings (SSSR count). The lowest BCUT2D eigenvalue weighted by molar-refractivity contribution is -0.181. The van der Waals surface area contributed by atoms with Gasteiger partial charge in [0.05, 0.1) is 0 Å². The Bertz CT molecular complexity index is 119. The van der Waals surface area contributed by atoms with Crippen LogP contribution in [0.25, 0.3) is 0 Å². The molecular formula is C3HClF4O. The van der Waals surface area contributed by atoms with E-state index in [4.69, 9.17) is 0 Å². The summed E-state index contributed by atoms with van der Waals surface area (Å²) in [6.45, 7) is 0. The van der Waals surface area contributed by atoms with Gasteiger partial charge in [-0.1, -0.05) is 0 Å². The fourth-order valence-electron chi connectivity index (χ4n) is 0.129. The van der Waals surface area contributed by atoms with E-state index in [0.29, 0.717) is 0 Å². The zero-order valence-corrected chi connectivity index (χ0v) is 4.63. The molecule has 0 aromatic carbocycles. The van der Waals surface area contributed by atoms with Crippen LogP contribution in [-0.2, 0) is 4.79 Å². The van der Waals surface area contributed by atoms with Gasteiger partial charge >= 0.3 is 6.18 Å². The molecule has 0 spiro atoms. The Balaban J connectivity index is 4.04. The quantitative estimate of drug-likeness (QED) is 0.425. The van der Waals surface area contributed by atoms with E-state index in [1.54, 1.807) is 0 Å². The summed E-state index contributed by atoms with van der Waals surface area (Å²) in [6, 6.07) is 0. The van der Waals surface area contributed by atoms with Crippen molar-refractivity contribution in [2.24, 2.45) is 0 Å². The van der Waals surface area contributed by atoms with Gasteiger partial charge in [0.2, 0.25) is 0 Å². The first-order chi connectivity index (χ1) is 3.85. The number of hydrogen-bond donors (Lipinski definition) is 0. The normalized spacial score (nSPS) is 15.2. The molecule has 9 heavy (non-hydrogen) atoms. The van der Waals surface area contributed by atoms with Crippen LogP contribution < -0.4 is 0 Å². The second-order valence-electron chi connectivity index (χ2n) is 1.21. The maximum atomic E-state index is 11.4. The predicted octanol–water partition coefficient (Wildman–Crippen LogP) is 1.65. The summed E-state index contributed by atoms with van der Waals surface area (Å²) in [6.07, 6.45) is -8.72. The number of rotatable bonds is 1. The van der Waals surface area contributed by atoms with Crippen molar-refractivity contribution in [1.29, 1.82) is 0 Å². The Labute approximate surface area is 52.6 Å². The van der Waals surface area contributed by atoms with Crippen LogP contribution in [0.2, 0.25) is 0 Å². The minimum Gasteiger partial charge on any atom is -0.278 e. The van der Waals surface area contributed by atoms with Crippen LogP contribution in [0.3, 0.4) is 0 Å². The molecule has 0 fully saturated rings. The molecule has 6 heteroatoms. The summed E-state index contributed by atoms with van der Waals surface area (Å²) in [5.41, 5.74) is 0. The van der Waals surface area contributed by atoms with Gasteiger partial charge in [0.15, 0.2) is 0 Å². The van der Waals surface area contributed by atoms with E-state index >= 15 is 0 Å². The van der Waals surface area contributed by atoms with Crippen LogP contribution in [0.1, 0.15) is 0 Å². The lowest BCUT2D eigenvalue weighted by Crippen LogP contribution is -2.29. The van der Waals surface area contributed by atoms with E-state index < -0.39 is 17.6 Å². The molecule has 1 nitrogen and oxygen atoms in total. The molecule has 0 aromatic heterocycles. The van der Waals surface area contributed by atoms with Gasteiger partial charge in [-0.2, -0.15) is 13.2 Å². The Morgan fingerprint density at radius 2 is 1.78 bits per heavy atom. The summed E-state index contributed by atoms with van der Waals surface area (Å²) >= 11 is 4.18. The van der Waals surface area contributed by atoms with Crippen molar-refractivity contribution in [2.45, 2.75) is 12.3 Å². The maximum Gasteiger partial charge on any atom is 0.428 e. The van der Waals surface area contributed by atoms with Gasteiger partial charge in [-0.15, -0.1) is 0 Å². The predicted molar refractivity (Wildman–Crippen MR) is 21.8 cm³/mol. The van der Waals surface area contributed by atoms with Gasteiger partial charge in [-0.25, -0.2) is 4.39 Å². The largest absolute Gasteiger partial charge is 0.428 e. The Morgan fingerprint density at radius 3 is 1.78 bits per heavy atom. The molecule has 0 N–H and O–H groups in total. The molecule has 0 heterocycles. The molecule has 0 aliphatic rings. The highest BCUT2D eigenvalue weighted by atomic mass is 35.5. The van der Waals surface area contributed by atoms with Crippen LogP contribution >= 0.6 is 11.6 Å². The van der Waals surface area contributed by atoms with Crippen LogP contribution in [0.4, 0.5) is 17.6 Å². The topological polar surface area (TPSA) is 17.1 Å². The summed E-state index contributed by atoms with van der Waals surface area (Å²) in [5, 5.41) is -2.04. The van der Waals surface area contributed by atoms with Crippen molar-refractivity contribution in [3.8, 4) is 0 Å². The third-order valence-corrected chi connectivity index (χ3v) is 0.678. The van der Waals surface area contributed by atoms with Crippen LogP contribution in [0.5, 0.6) is 0 Å². The van der Waals surface area contributed by atoms with Gasteiger partial charge in [0.25, 0.3) is 11.4 Å². The van der Waals surface area contributed by atoms with Crippen molar-refractivity contribution in [2.75, 3.05) is 0 Å². The highest BCUT2D eigenvalue weighted by molar-refractivity contribution is 6.64. The Hall–Kier alpha value is -0.320. The maximum absolute atomic E-state index is 11.4. The smallest absolute Gasteiger partial charge is 0.278 e. The number of carbonyl (C=O) groups excluding carboxylic acids is 1. The summed E-state index contributed by atoms with van der Waals surface area (Å²) in [4.78, 5) is 9.46. The van der Waals surface area contributed by atoms with E-state index in [-0.39, 0.29) is 0 Å². The van der Waals surface area contributed by atoms with Gasteiger partial charge in [0.1, 0.15) is 0 Å². The third-order valence-electron chi connectivity index (χ3n) is 0.487. The van der Waals surface area contributed by atoms with Gasteiger partial charge in [-0.3, -0.25) is 4.79 Å². The fourth-order valence-corrected chi connectivity index (χ4v) is 0.252. The van der Waals surface area contributed by atoms with Gasteiger partial charge in [-0.05, 0) is 11.6 Å². The van der Waals surface area contributed by atoms with E-state index in [9.17, 15) is 22.4 Å². The van der Waals surface area contributed by atoms with Crippen LogP contribution in [0.15, 0.2) is 0 Å². The average Bonchev–Trinajstić information content (AvgIpc) is 1.62. The molecular weight excluding hydrogens is 163 g/mol. The van der Waals surface area contributed by atoms with Crippen LogP contribution in [0, 0.1) is 0 Å². The zero-order valence-electron chi connectivity index (χ0n) is 3.88. The highest BCUT2D eigenvalue weighted by Crippen LogP contribution is 2.24. The van der Waals surface area contributed by atoms with Crippen molar-refractivity contribution in [1.82, 2.24) is 0 Å². The molecule has 0 aliphatic carbocycles. The number of alkyl halides is 4. The standard InChI is InChI=1S/C3HClF4O/c4-2(9)1(5)3(6,7)8/h1H/t1-/m1/s1. The van der Waals surface area contributed by atoms with E-state index in [0.717, 1.165) is 0 Å². The first kappa shape index (κ1) is 8.68. The molecule has 0 unspecified atom stereocenters. The summed E-state index contributed by atoms with van der Waals surface area (Å²) < 4.78 is 44.5. The minimum atomic E-state index is -5.17. The van der Waals surface area contributed by atoms with Gasteiger partial charge < -0.3 is 0 Å². The lowest BCUT2D eigenvalue weighted by Gasteiger charge is -2.05. The van der Waals surface area contributed by atoms with E-state index in [1.807, 2.05) is 0 Å². The van der Waals surface area contributed by atoms with Gasteiger partial charge in [0, 0.05) is 0 Å². The molecule has 1 atom stereocenters. The minimum absolute atomic E-state index is 2.04. The average molecular weight is 164 g/mol. The van der Waals surface area contributed by atoms with E-state index in [2.05, 4.69) is 11.6 Å². The van der Waals surface area contributed by atoms with Crippen LogP contribution in [-0.4, -0.2) is 17.6 Å². The van der Waals surface area contributed by atoms with Crippen molar-refractivity contribution in [3.63, 3.8) is 0 Å². The molecule has 0 radical (unpaired) electrons.